The molecule has 0 bridgehead atoms. The summed E-state index contributed by atoms with van der Waals surface area (Å²) in [5.74, 6) is 0. The van der Waals surface area contributed by atoms with Gasteiger partial charge in [0.2, 0.25) is 0 Å². The number of nitriles is 1. The van der Waals surface area contributed by atoms with Gasteiger partial charge < -0.3 is 15.3 Å². The maximum absolute atomic E-state index is 11.4. The van der Waals surface area contributed by atoms with Crippen molar-refractivity contribution in [3.8, 4) is 6.07 Å². The van der Waals surface area contributed by atoms with Gasteiger partial charge in [0.1, 0.15) is 10.9 Å². The molecule has 0 fully saturated rings. The van der Waals surface area contributed by atoms with Gasteiger partial charge in [0.15, 0.2) is 0 Å². The van der Waals surface area contributed by atoms with E-state index >= 15 is 0 Å². The number of hydrogen-bond donors (Lipinski definition) is 2. The number of amides is 1. The van der Waals surface area contributed by atoms with Crippen molar-refractivity contribution in [2.24, 2.45) is 0 Å². The van der Waals surface area contributed by atoms with E-state index in [0.717, 1.165) is 42.9 Å². The van der Waals surface area contributed by atoms with Crippen LogP contribution in [0.15, 0.2) is 55.0 Å². The molecule has 1 aromatic carbocycles. The number of carbonyl (C=O) groups is 1. The van der Waals surface area contributed by atoms with Gasteiger partial charge in [-0.15, -0.1) is 11.3 Å². The number of hydrogen-bond acceptors (Lipinski definition) is 7. The maximum atomic E-state index is 11.4. The summed E-state index contributed by atoms with van der Waals surface area (Å²) in [6.45, 7) is 1.34. The Kier molecular flexibility index (Phi) is 5.04. The van der Waals surface area contributed by atoms with Crippen molar-refractivity contribution in [2.75, 3.05) is 11.9 Å². The number of aromatic nitrogens is 4. The average molecular weight is 482 g/mol. The van der Waals surface area contributed by atoms with Crippen LogP contribution in [0.3, 0.4) is 0 Å². The summed E-state index contributed by atoms with van der Waals surface area (Å²) < 4.78 is 1.91. The van der Waals surface area contributed by atoms with Crippen molar-refractivity contribution < 1.29 is 9.90 Å². The number of nitrogens with one attached hydrogen (secondary N) is 1. The van der Waals surface area contributed by atoms with Crippen molar-refractivity contribution in [3.63, 3.8) is 0 Å². The predicted octanol–water partition coefficient (Wildman–Crippen LogP) is 4.74. The van der Waals surface area contributed by atoms with Crippen LogP contribution in [0.4, 0.5) is 16.2 Å². The molecular weight excluding hydrogens is 462 g/mol. The highest BCUT2D eigenvalue weighted by Gasteiger charge is 2.26. The molecule has 5 heterocycles. The normalized spacial score (nSPS) is 13.1. The zero-order valence-electron chi connectivity index (χ0n) is 18.5. The lowest BCUT2D eigenvalue weighted by molar-refractivity contribution is 0.140. The molecule has 6 rings (SSSR count). The van der Waals surface area contributed by atoms with E-state index in [-0.39, 0.29) is 0 Å². The lowest BCUT2D eigenvalue weighted by Gasteiger charge is -2.24. The molecule has 0 spiro atoms. The Hall–Kier alpha value is -4.49. The molecule has 2 N–H and O–H groups in total. The molecule has 172 valence electrons. The van der Waals surface area contributed by atoms with Gasteiger partial charge in [-0.2, -0.15) is 10.4 Å². The number of fused-ring (bicyclic) bond motifs is 4. The van der Waals surface area contributed by atoms with Crippen LogP contribution in [0.2, 0.25) is 0 Å². The van der Waals surface area contributed by atoms with Crippen LogP contribution in [0.25, 0.3) is 21.1 Å². The molecule has 35 heavy (non-hydrogen) atoms. The van der Waals surface area contributed by atoms with E-state index in [1.807, 2.05) is 47.3 Å². The number of benzene rings is 1. The fourth-order valence-electron chi connectivity index (χ4n) is 4.52. The van der Waals surface area contributed by atoms with Crippen LogP contribution in [0.5, 0.6) is 0 Å². The van der Waals surface area contributed by atoms with Gasteiger partial charge in [0.25, 0.3) is 0 Å². The summed E-state index contributed by atoms with van der Waals surface area (Å²) in [5.41, 5.74) is 4.98. The predicted molar refractivity (Wildman–Crippen MR) is 133 cm³/mol. The van der Waals surface area contributed by atoms with Crippen LogP contribution in [0, 0.1) is 11.3 Å². The van der Waals surface area contributed by atoms with E-state index in [2.05, 4.69) is 26.5 Å². The molecule has 0 saturated carbocycles. The quantitative estimate of drug-likeness (QED) is 0.380. The molecule has 10 heteroatoms. The van der Waals surface area contributed by atoms with E-state index in [0.29, 0.717) is 37.3 Å². The molecule has 1 aliphatic heterocycles. The SMILES string of the molecule is N#Cc1cnc2sc3c(c2c1Nc1ccc2c(cnn2Cc2ccccn2)c1)CCN(C(=O)O)C3. The van der Waals surface area contributed by atoms with Crippen molar-refractivity contribution in [1.29, 1.82) is 5.26 Å². The van der Waals surface area contributed by atoms with Gasteiger partial charge in [0.05, 0.1) is 41.7 Å². The minimum absolute atomic E-state index is 0.342. The highest BCUT2D eigenvalue weighted by atomic mass is 32.1. The van der Waals surface area contributed by atoms with E-state index in [1.165, 1.54) is 16.2 Å². The van der Waals surface area contributed by atoms with Gasteiger partial charge in [-0.1, -0.05) is 6.07 Å². The van der Waals surface area contributed by atoms with Crippen LogP contribution < -0.4 is 5.32 Å². The molecule has 0 saturated heterocycles. The summed E-state index contributed by atoms with van der Waals surface area (Å²) in [6, 6.07) is 14.1. The van der Waals surface area contributed by atoms with E-state index in [4.69, 9.17) is 0 Å². The average Bonchev–Trinajstić information content (AvgIpc) is 3.45. The van der Waals surface area contributed by atoms with Gasteiger partial charge in [-0.25, -0.2) is 9.78 Å². The highest BCUT2D eigenvalue weighted by molar-refractivity contribution is 7.19. The summed E-state index contributed by atoms with van der Waals surface area (Å²) >= 11 is 1.49. The summed E-state index contributed by atoms with van der Waals surface area (Å²) in [5, 5.41) is 29.0. The molecule has 4 aromatic heterocycles. The number of carboxylic acid groups (broad SMARTS) is 1. The second-order valence-electron chi connectivity index (χ2n) is 8.32. The number of rotatable bonds is 4. The summed E-state index contributed by atoms with van der Waals surface area (Å²) in [6.07, 6.45) is 4.84. The number of anilines is 2. The van der Waals surface area contributed by atoms with Crippen molar-refractivity contribution in [3.05, 3.63) is 76.7 Å². The molecule has 0 radical (unpaired) electrons. The lowest BCUT2D eigenvalue weighted by Crippen LogP contribution is -2.34. The number of thiophene rings is 1. The van der Waals surface area contributed by atoms with Crippen molar-refractivity contribution in [1.82, 2.24) is 24.6 Å². The fourth-order valence-corrected chi connectivity index (χ4v) is 5.73. The third-order valence-corrected chi connectivity index (χ3v) is 7.33. The molecule has 0 atom stereocenters. The molecule has 9 nitrogen and oxygen atoms in total. The first-order chi connectivity index (χ1) is 17.1. The largest absolute Gasteiger partial charge is 0.465 e. The minimum Gasteiger partial charge on any atom is -0.465 e. The molecule has 1 aliphatic rings. The van der Waals surface area contributed by atoms with Crippen LogP contribution in [-0.4, -0.2) is 42.4 Å². The Labute approximate surface area is 203 Å². The van der Waals surface area contributed by atoms with Gasteiger partial charge in [-0.05, 0) is 42.3 Å². The monoisotopic (exact) mass is 481 g/mol. The summed E-state index contributed by atoms with van der Waals surface area (Å²) in [4.78, 5) is 23.5. The minimum atomic E-state index is -0.922. The lowest BCUT2D eigenvalue weighted by atomic mass is 10.0. The first-order valence-corrected chi connectivity index (χ1v) is 11.9. The van der Waals surface area contributed by atoms with Crippen molar-refractivity contribution in [2.45, 2.75) is 19.5 Å². The van der Waals surface area contributed by atoms with E-state index < -0.39 is 6.09 Å². The topological polar surface area (TPSA) is 120 Å². The zero-order valence-corrected chi connectivity index (χ0v) is 19.3. The van der Waals surface area contributed by atoms with Gasteiger partial charge >= 0.3 is 6.09 Å². The Morgan fingerprint density at radius 1 is 1.23 bits per heavy atom. The Bertz CT molecular complexity index is 1630. The van der Waals surface area contributed by atoms with Gasteiger partial charge in [0, 0.05) is 40.3 Å². The van der Waals surface area contributed by atoms with Crippen molar-refractivity contribution >= 4 is 49.9 Å². The van der Waals surface area contributed by atoms with E-state index in [1.54, 1.807) is 12.4 Å². The molecule has 1 amide bonds. The smallest absolute Gasteiger partial charge is 0.407 e. The van der Waals surface area contributed by atoms with Crippen LogP contribution in [-0.2, 0) is 19.5 Å². The number of nitrogens with zero attached hydrogens (tertiary/aromatic N) is 6. The number of pyridine rings is 2. The molecule has 0 aliphatic carbocycles. The zero-order chi connectivity index (χ0) is 23.9. The third kappa shape index (κ3) is 3.72. The Balaban J connectivity index is 1.37. The first kappa shape index (κ1) is 21.1. The second kappa shape index (κ2) is 8.38. The van der Waals surface area contributed by atoms with Gasteiger partial charge in [-0.3, -0.25) is 9.67 Å². The summed E-state index contributed by atoms with van der Waals surface area (Å²) in [7, 11) is 0. The first-order valence-electron chi connectivity index (χ1n) is 11.0. The molecule has 5 aromatic rings. The third-order valence-electron chi connectivity index (χ3n) is 6.21. The standard InChI is InChI=1S/C25H19N7O2S/c26-10-16-11-28-24-22(19-6-8-31(25(33)34)14-21(19)35-24)23(16)30-17-4-5-20-15(9-17)12-29-32(20)13-18-3-1-2-7-27-18/h1-5,7,9,11-12H,6,8,13-14H2,(H,28,30)(H,33,34). The van der Waals surface area contributed by atoms with E-state index in [9.17, 15) is 15.2 Å². The van der Waals surface area contributed by atoms with Crippen LogP contribution in [0.1, 0.15) is 21.7 Å². The Morgan fingerprint density at radius 3 is 2.94 bits per heavy atom. The fraction of sp³-hybridized carbons (Fsp3) is 0.160. The highest BCUT2D eigenvalue weighted by Crippen LogP contribution is 2.40. The maximum Gasteiger partial charge on any atom is 0.407 e. The van der Waals surface area contributed by atoms with Crippen LogP contribution >= 0.6 is 11.3 Å². The Morgan fingerprint density at radius 2 is 2.14 bits per heavy atom. The molecular formula is C25H19N7O2S. The second-order valence-corrected chi connectivity index (χ2v) is 9.40. The molecule has 0 unspecified atom stereocenters.